The van der Waals surface area contributed by atoms with Gasteiger partial charge in [0.15, 0.2) is 28.8 Å². The van der Waals surface area contributed by atoms with Crippen molar-refractivity contribution in [2.75, 3.05) is 34.7 Å². The molecule has 0 aliphatic carbocycles. The van der Waals surface area contributed by atoms with Crippen LogP contribution in [-0.2, 0) is 14.3 Å². The maximum absolute atomic E-state index is 13.0. The molecule has 0 saturated carbocycles. The number of esters is 1. The Kier molecular flexibility index (Phi) is 4.92. The zero-order valence-corrected chi connectivity index (χ0v) is 19.0. The number of benzene rings is 2. The van der Waals surface area contributed by atoms with E-state index in [1.165, 1.54) is 21.3 Å². The van der Waals surface area contributed by atoms with E-state index in [0.29, 0.717) is 57.0 Å². The lowest BCUT2D eigenvalue weighted by Gasteiger charge is -2.33. The molecule has 9 nitrogen and oxygen atoms in total. The molecular formula is C24H24O9. The first-order valence-electron chi connectivity index (χ1n) is 10.4. The van der Waals surface area contributed by atoms with Crippen LogP contribution in [0.3, 0.4) is 0 Å². The molecule has 0 aromatic heterocycles. The smallest absolute Gasteiger partial charge is 0.339 e. The first-order chi connectivity index (χ1) is 15.8. The van der Waals surface area contributed by atoms with Gasteiger partial charge >= 0.3 is 5.97 Å². The van der Waals surface area contributed by atoms with E-state index in [4.69, 9.17) is 37.9 Å². The Labute approximate surface area is 190 Å². The predicted octanol–water partition coefficient (Wildman–Crippen LogP) is 3.53. The van der Waals surface area contributed by atoms with Crippen molar-refractivity contribution in [3.63, 3.8) is 0 Å². The topological polar surface area (TPSA) is 90.9 Å². The molecule has 0 amide bonds. The lowest BCUT2D eigenvalue weighted by Crippen LogP contribution is -2.34. The third-order valence-corrected chi connectivity index (χ3v) is 5.70. The minimum Gasteiger partial charge on any atom is -0.493 e. The SMILES string of the molecule is COc1cc([C@H]2C3=C(COC3=O)OC(C)(C)Oc3cc4c(cc32)OCO4)cc(OC)c1OC. The number of carbonyl (C=O) groups excluding carboxylic acids is 1. The van der Waals surface area contributed by atoms with E-state index in [1.54, 1.807) is 32.0 Å². The van der Waals surface area contributed by atoms with Gasteiger partial charge in [-0.2, -0.15) is 0 Å². The van der Waals surface area contributed by atoms with Crippen LogP contribution in [0.15, 0.2) is 35.6 Å². The third kappa shape index (κ3) is 3.44. The van der Waals surface area contributed by atoms with Crippen LogP contribution in [0, 0.1) is 0 Å². The molecule has 0 saturated heterocycles. The second-order valence-corrected chi connectivity index (χ2v) is 8.15. The zero-order valence-electron chi connectivity index (χ0n) is 19.0. The Hall–Kier alpha value is -3.75. The Bertz CT molecular complexity index is 1140. The van der Waals surface area contributed by atoms with Crippen LogP contribution in [0.4, 0.5) is 0 Å². The van der Waals surface area contributed by atoms with Gasteiger partial charge in [-0.3, -0.25) is 0 Å². The van der Waals surface area contributed by atoms with Gasteiger partial charge in [0.05, 0.1) is 26.9 Å². The van der Waals surface area contributed by atoms with Crippen LogP contribution in [0.5, 0.6) is 34.5 Å². The standard InChI is InChI=1S/C24H24O9/c1-24(2)32-14-9-16-15(30-11-31-16)8-13(14)20(21-19(33-24)10-29-23(21)25)12-6-17(26-3)22(28-5)18(7-12)27-4/h6-9,20H,10-11H2,1-5H3/t20-/m1/s1. The Morgan fingerprint density at radius 2 is 1.52 bits per heavy atom. The molecule has 0 bridgehead atoms. The van der Waals surface area contributed by atoms with Crippen molar-refractivity contribution in [1.29, 1.82) is 0 Å². The van der Waals surface area contributed by atoms with E-state index in [0.717, 1.165) is 0 Å². The van der Waals surface area contributed by atoms with E-state index >= 15 is 0 Å². The van der Waals surface area contributed by atoms with Crippen molar-refractivity contribution in [1.82, 2.24) is 0 Å². The predicted molar refractivity (Wildman–Crippen MR) is 114 cm³/mol. The van der Waals surface area contributed by atoms with E-state index in [9.17, 15) is 4.79 Å². The second kappa shape index (κ2) is 7.68. The molecule has 33 heavy (non-hydrogen) atoms. The van der Waals surface area contributed by atoms with E-state index in [-0.39, 0.29) is 13.4 Å². The fraction of sp³-hybridized carbons (Fsp3) is 0.375. The summed E-state index contributed by atoms with van der Waals surface area (Å²) >= 11 is 0. The average Bonchev–Trinajstić information content (AvgIpc) is 3.38. The summed E-state index contributed by atoms with van der Waals surface area (Å²) < 4.78 is 45.5. The van der Waals surface area contributed by atoms with Crippen molar-refractivity contribution in [2.24, 2.45) is 0 Å². The van der Waals surface area contributed by atoms with Gasteiger partial charge in [0, 0.05) is 31.4 Å². The van der Waals surface area contributed by atoms with Gasteiger partial charge in [-0.05, 0) is 23.8 Å². The molecule has 3 heterocycles. The van der Waals surface area contributed by atoms with E-state index in [2.05, 4.69) is 0 Å². The van der Waals surface area contributed by atoms with Crippen molar-refractivity contribution in [2.45, 2.75) is 25.6 Å². The summed E-state index contributed by atoms with van der Waals surface area (Å²) in [6.07, 6.45) is 0. The first-order valence-corrected chi connectivity index (χ1v) is 10.4. The normalized spacial score (nSPS) is 19.9. The molecule has 3 aliphatic heterocycles. The highest BCUT2D eigenvalue weighted by molar-refractivity contribution is 5.94. The highest BCUT2D eigenvalue weighted by atomic mass is 16.7. The Morgan fingerprint density at radius 1 is 0.848 bits per heavy atom. The van der Waals surface area contributed by atoms with Gasteiger partial charge in [0.1, 0.15) is 12.4 Å². The van der Waals surface area contributed by atoms with Crippen LogP contribution >= 0.6 is 0 Å². The summed E-state index contributed by atoms with van der Waals surface area (Å²) in [5.74, 6) is 1.21. The van der Waals surface area contributed by atoms with E-state index < -0.39 is 17.7 Å². The molecule has 1 atom stereocenters. The van der Waals surface area contributed by atoms with Crippen LogP contribution in [0.2, 0.25) is 0 Å². The molecule has 0 N–H and O–H groups in total. The number of hydrogen-bond donors (Lipinski definition) is 0. The minimum absolute atomic E-state index is 0.0156. The molecule has 9 heteroatoms. The minimum atomic E-state index is -1.06. The zero-order chi connectivity index (χ0) is 23.3. The molecule has 0 radical (unpaired) electrons. The number of hydrogen-bond acceptors (Lipinski definition) is 9. The highest BCUT2D eigenvalue weighted by Gasteiger charge is 2.43. The van der Waals surface area contributed by atoms with Gasteiger partial charge in [-0.25, -0.2) is 4.79 Å². The summed E-state index contributed by atoms with van der Waals surface area (Å²) in [5.41, 5.74) is 1.76. The summed E-state index contributed by atoms with van der Waals surface area (Å²) in [5, 5.41) is 0. The highest BCUT2D eigenvalue weighted by Crippen LogP contribution is 2.51. The fourth-order valence-corrected chi connectivity index (χ4v) is 4.37. The number of cyclic esters (lactones) is 1. The van der Waals surface area contributed by atoms with E-state index in [1.807, 2.05) is 6.07 Å². The van der Waals surface area contributed by atoms with Crippen molar-refractivity contribution in [3.8, 4) is 34.5 Å². The molecular weight excluding hydrogens is 432 g/mol. The number of carbonyl (C=O) groups is 1. The van der Waals surface area contributed by atoms with Gasteiger partial charge < -0.3 is 37.9 Å². The number of rotatable bonds is 4. The second-order valence-electron chi connectivity index (χ2n) is 8.15. The van der Waals surface area contributed by atoms with Crippen LogP contribution in [-0.4, -0.2) is 46.5 Å². The van der Waals surface area contributed by atoms with Gasteiger partial charge in [0.25, 0.3) is 0 Å². The summed E-state index contributed by atoms with van der Waals surface area (Å²) in [6, 6.07) is 7.16. The summed E-state index contributed by atoms with van der Waals surface area (Å²) in [4.78, 5) is 13.0. The molecule has 3 aliphatic rings. The number of methoxy groups -OCH3 is 3. The van der Waals surface area contributed by atoms with Crippen LogP contribution < -0.4 is 28.4 Å². The molecule has 2 aromatic carbocycles. The maximum Gasteiger partial charge on any atom is 0.339 e. The summed E-state index contributed by atoms with van der Waals surface area (Å²) in [7, 11) is 4.60. The third-order valence-electron chi connectivity index (χ3n) is 5.70. The first kappa shape index (κ1) is 21.1. The molecule has 2 aromatic rings. The monoisotopic (exact) mass is 456 g/mol. The van der Waals surface area contributed by atoms with Gasteiger partial charge in [-0.1, -0.05) is 0 Å². The molecule has 0 spiro atoms. The largest absolute Gasteiger partial charge is 0.493 e. The van der Waals surface area contributed by atoms with Crippen LogP contribution in [0.25, 0.3) is 0 Å². The maximum atomic E-state index is 13.0. The number of ether oxygens (including phenoxy) is 8. The molecule has 0 fully saturated rings. The average molecular weight is 456 g/mol. The Balaban J connectivity index is 1.80. The van der Waals surface area contributed by atoms with Gasteiger partial charge in [-0.15, -0.1) is 0 Å². The van der Waals surface area contributed by atoms with Gasteiger partial charge in [0.2, 0.25) is 18.3 Å². The summed E-state index contributed by atoms with van der Waals surface area (Å²) in [6.45, 7) is 3.66. The van der Waals surface area contributed by atoms with Crippen molar-refractivity contribution < 1.29 is 42.7 Å². The molecule has 5 rings (SSSR count). The van der Waals surface area contributed by atoms with Crippen molar-refractivity contribution >= 4 is 5.97 Å². The fourth-order valence-electron chi connectivity index (χ4n) is 4.37. The Morgan fingerprint density at radius 3 is 2.15 bits per heavy atom. The quantitative estimate of drug-likeness (QED) is 0.641. The lowest BCUT2D eigenvalue weighted by atomic mass is 9.83. The van der Waals surface area contributed by atoms with Crippen molar-refractivity contribution in [3.05, 3.63) is 46.7 Å². The number of fused-ring (bicyclic) bond motifs is 2. The molecule has 0 unspecified atom stereocenters. The lowest BCUT2D eigenvalue weighted by molar-refractivity contribution is -0.140. The molecule has 174 valence electrons. The van der Waals surface area contributed by atoms with Crippen LogP contribution in [0.1, 0.15) is 30.9 Å².